The van der Waals surface area contributed by atoms with Crippen LogP contribution in [-0.4, -0.2) is 68.6 Å². The van der Waals surface area contributed by atoms with Gasteiger partial charge in [-0.1, -0.05) is 50.3 Å². The van der Waals surface area contributed by atoms with Gasteiger partial charge in [0.25, 0.3) is 0 Å². The van der Waals surface area contributed by atoms with Gasteiger partial charge >= 0.3 is 6.03 Å². The molecule has 2 amide bonds. The highest BCUT2D eigenvalue weighted by atomic mass is 16.5. The maximum Gasteiger partial charge on any atom is 0.317 e. The fourth-order valence-electron chi connectivity index (χ4n) is 7.39. The lowest BCUT2D eigenvalue weighted by molar-refractivity contribution is -0.0585. The number of rotatable bonds is 14. The number of piperidine rings is 1. The summed E-state index contributed by atoms with van der Waals surface area (Å²) in [6, 6.07) is 8.24. The van der Waals surface area contributed by atoms with E-state index in [1.807, 2.05) is 36.2 Å². The minimum atomic E-state index is -1.06. The third kappa shape index (κ3) is 8.59. The number of carbonyl (C=O) groups excluding carboxylic acids is 1. The zero-order valence-electron chi connectivity index (χ0n) is 25.2. The number of para-hydroxylation sites is 1. The number of likely N-dealkylation sites (tertiary alicyclic amines) is 1. The molecule has 3 N–H and O–H groups in total. The van der Waals surface area contributed by atoms with E-state index in [1.165, 1.54) is 44.9 Å². The first-order valence-corrected chi connectivity index (χ1v) is 16.2. The molecule has 2 saturated carbocycles. The summed E-state index contributed by atoms with van der Waals surface area (Å²) in [4.78, 5) is 15.6. The van der Waals surface area contributed by atoms with Crippen LogP contribution in [0.15, 0.2) is 24.3 Å². The summed E-state index contributed by atoms with van der Waals surface area (Å²) in [6.07, 6.45) is 16.5. The van der Waals surface area contributed by atoms with Gasteiger partial charge < -0.3 is 30.1 Å². The summed E-state index contributed by atoms with van der Waals surface area (Å²) >= 11 is 0. The minimum Gasteiger partial charge on any atom is -0.490 e. The maximum absolute atomic E-state index is 13.6. The van der Waals surface area contributed by atoms with E-state index in [9.17, 15) is 9.90 Å². The van der Waals surface area contributed by atoms with Gasteiger partial charge in [0.05, 0.1) is 11.7 Å². The van der Waals surface area contributed by atoms with Gasteiger partial charge in [-0.3, -0.25) is 0 Å². The van der Waals surface area contributed by atoms with Gasteiger partial charge in [0.15, 0.2) is 0 Å². The second-order valence-electron chi connectivity index (χ2n) is 12.6. The molecule has 3 atom stereocenters. The van der Waals surface area contributed by atoms with Gasteiger partial charge in [0, 0.05) is 50.9 Å². The van der Waals surface area contributed by atoms with Crippen molar-refractivity contribution in [3.8, 4) is 5.75 Å². The number of likely N-dealkylation sites (N-methyl/N-ethyl adjacent to an activating group) is 1. The first-order valence-electron chi connectivity index (χ1n) is 16.2. The number of nitrogens with one attached hydrogen (secondary N) is 2. The summed E-state index contributed by atoms with van der Waals surface area (Å²) in [5, 5.41) is 19.2. The Bertz CT molecular complexity index is 886. The Morgan fingerprint density at radius 3 is 2.55 bits per heavy atom. The van der Waals surface area contributed by atoms with Crippen LogP contribution in [0.25, 0.3) is 0 Å². The van der Waals surface area contributed by atoms with Crippen molar-refractivity contribution in [1.82, 2.24) is 15.5 Å². The molecule has 1 aromatic rings. The number of carbonyl (C=O) groups is 1. The third-order valence-electron chi connectivity index (χ3n) is 9.61. The third-order valence-corrected chi connectivity index (χ3v) is 9.61. The van der Waals surface area contributed by atoms with Gasteiger partial charge in [-0.2, -0.15) is 0 Å². The van der Waals surface area contributed by atoms with E-state index in [4.69, 9.17) is 9.47 Å². The van der Waals surface area contributed by atoms with Gasteiger partial charge in [0.2, 0.25) is 0 Å². The number of benzene rings is 1. The van der Waals surface area contributed by atoms with E-state index in [1.54, 1.807) is 7.11 Å². The second kappa shape index (κ2) is 16.0. The predicted octanol–water partition coefficient (Wildman–Crippen LogP) is 5.99. The molecule has 0 bridgehead atoms. The van der Waals surface area contributed by atoms with Crippen molar-refractivity contribution in [2.75, 3.05) is 40.4 Å². The molecule has 7 heteroatoms. The van der Waals surface area contributed by atoms with E-state index in [0.29, 0.717) is 25.5 Å². The molecule has 1 saturated heterocycles. The summed E-state index contributed by atoms with van der Waals surface area (Å²) in [5.74, 6) is 1.46. The lowest BCUT2D eigenvalue weighted by Crippen LogP contribution is -2.54. The highest BCUT2D eigenvalue weighted by molar-refractivity contribution is 5.74. The molecule has 226 valence electrons. The number of urea groups is 1. The number of hydrogen-bond acceptors (Lipinski definition) is 5. The molecule has 0 radical (unpaired) electrons. The molecule has 1 heterocycles. The molecule has 0 spiro atoms. The van der Waals surface area contributed by atoms with E-state index in [-0.39, 0.29) is 24.1 Å². The zero-order valence-corrected chi connectivity index (χ0v) is 25.2. The highest BCUT2D eigenvalue weighted by Gasteiger charge is 2.43. The van der Waals surface area contributed by atoms with E-state index >= 15 is 0 Å². The highest BCUT2D eigenvalue weighted by Crippen LogP contribution is 2.44. The molecule has 4 rings (SSSR count). The van der Waals surface area contributed by atoms with Crippen molar-refractivity contribution in [2.45, 2.75) is 114 Å². The van der Waals surface area contributed by atoms with Crippen LogP contribution < -0.4 is 15.4 Å². The van der Waals surface area contributed by atoms with Crippen LogP contribution in [0.2, 0.25) is 0 Å². The summed E-state index contributed by atoms with van der Waals surface area (Å²) in [7, 11) is 3.69. The lowest BCUT2D eigenvalue weighted by Gasteiger charge is -2.43. The van der Waals surface area contributed by atoms with Crippen LogP contribution in [0.1, 0.15) is 102 Å². The molecule has 2 aliphatic carbocycles. The number of aliphatic hydroxyl groups is 1. The zero-order chi connectivity index (χ0) is 28.2. The molecule has 3 aliphatic rings. The normalized spacial score (nSPS) is 23.1. The van der Waals surface area contributed by atoms with Gasteiger partial charge in [-0.05, 0) is 83.2 Å². The first kappa shape index (κ1) is 31.1. The summed E-state index contributed by atoms with van der Waals surface area (Å²) in [5.41, 5.74) is -0.175. The molecular weight excluding hydrogens is 502 g/mol. The average molecular weight is 558 g/mol. The minimum absolute atomic E-state index is 0.0120. The molecular formula is C33H55N3O4. The number of unbranched alkanes of at least 4 members (excludes halogenated alkanes) is 1. The van der Waals surface area contributed by atoms with Crippen molar-refractivity contribution in [1.29, 1.82) is 0 Å². The number of nitrogens with zero attached hydrogens (tertiary/aromatic N) is 1. The van der Waals surface area contributed by atoms with Crippen LogP contribution >= 0.6 is 0 Å². The summed E-state index contributed by atoms with van der Waals surface area (Å²) < 4.78 is 11.8. The monoisotopic (exact) mass is 557 g/mol. The van der Waals surface area contributed by atoms with E-state index in [2.05, 4.69) is 10.6 Å². The first-order chi connectivity index (χ1) is 19.5. The van der Waals surface area contributed by atoms with Crippen molar-refractivity contribution in [3.05, 3.63) is 29.8 Å². The van der Waals surface area contributed by atoms with Gasteiger partial charge in [0.1, 0.15) is 5.75 Å². The number of hydrogen-bond donors (Lipinski definition) is 3. The summed E-state index contributed by atoms with van der Waals surface area (Å²) in [6.45, 7) is 2.76. The van der Waals surface area contributed by atoms with E-state index in [0.717, 1.165) is 69.3 Å². The van der Waals surface area contributed by atoms with Crippen LogP contribution in [0.3, 0.4) is 0 Å². The Morgan fingerprint density at radius 2 is 1.80 bits per heavy atom. The SMILES string of the molecule is CNC[C@H](CC1CCCCC1)NC(=O)N1CCC[C@@H](C(O)(CCCCOC)c2ccccc2OC2CCCC2)C1. The average Bonchev–Trinajstić information content (AvgIpc) is 3.49. The fourth-order valence-corrected chi connectivity index (χ4v) is 7.39. The van der Waals surface area contributed by atoms with Crippen molar-refractivity contribution in [3.63, 3.8) is 0 Å². The van der Waals surface area contributed by atoms with Crippen LogP contribution in [-0.2, 0) is 10.3 Å². The fraction of sp³-hybridized carbons (Fsp3) is 0.788. The molecule has 1 aliphatic heterocycles. The number of amides is 2. The van der Waals surface area contributed by atoms with Crippen molar-refractivity contribution >= 4 is 6.03 Å². The molecule has 1 unspecified atom stereocenters. The van der Waals surface area contributed by atoms with Crippen LogP contribution in [0.4, 0.5) is 4.79 Å². The Hall–Kier alpha value is -1.83. The molecule has 7 nitrogen and oxygen atoms in total. The Morgan fingerprint density at radius 1 is 1.05 bits per heavy atom. The smallest absolute Gasteiger partial charge is 0.317 e. The Kier molecular flexibility index (Phi) is 12.4. The molecule has 3 fully saturated rings. The van der Waals surface area contributed by atoms with Crippen molar-refractivity contribution < 1.29 is 19.4 Å². The van der Waals surface area contributed by atoms with Crippen LogP contribution in [0, 0.1) is 11.8 Å². The Balaban J connectivity index is 1.48. The topological polar surface area (TPSA) is 83.1 Å². The molecule has 0 aromatic heterocycles. The van der Waals surface area contributed by atoms with Gasteiger partial charge in [-0.15, -0.1) is 0 Å². The molecule has 1 aromatic carbocycles. The largest absolute Gasteiger partial charge is 0.490 e. The molecule has 40 heavy (non-hydrogen) atoms. The predicted molar refractivity (Wildman–Crippen MR) is 161 cm³/mol. The number of methoxy groups -OCH3 is 1. The lowest BCUT2D eigenvalue weighted by atomic mass is 9.73. The van der Waals surface area contributed by atoms with Crippen LogP contribution in [0.5, 0.6) is 5.75 Å². The Labute approximate surface area is 242 Å². The number of ether oxygens (including phenoxy) is 2. The quantitative estimate of drug-likeness (QED) is 0.245. The standard InChI is InChI=1S/C33H55N3O4/c1-34-24-28(23-26-13-4-3-5-14-26)35-32(37)36-21-12-15-27(25-36)33(38,20-10-11-22-39-2)30-18-8-9-19-31(30)40-29-16-6-7-17-29/h8-9,18-19,26-29,34,38H,3-7,10-17,20-25H2,1-2H3,(H,35,37)/t27-,28+,33?/m1/s1. The van der Waals surface area contributed by atoms with E-state index < -0.39 is 5.60 Å². The second-order valence-corrected chi connectivity index (χ2v) is 12.6. The maximum atomic E-state index is 13.6. The van der Waals surface area contributed by atoms with Crippen molar-refractivity contribution in [2.24, 2.45) is 11.8 Å². The van der Waals surface area contributed by atoms with Gasteiger partial charge in [-0.25, -0.2) is 4.79 Å².